The van der Waals surface area contributed by atoms with Gasteiger partial charge in [0.1, 0.15) is 0 Å². The first kappa shape index (κ1) is 16.4. The maximum absolute atomic E-state index is 11.8. The Morgan fingerprint density at radius 2 is 2.14 bits per heavy atom. The molecule has 0 aliphatic carbocycles. The smallest absolute Gasteiger partial charge is 0.313 e. The van der Waals surface area contributed by atoms with E-state index < -0.39 is 33.8 Å². The zero-order valence-electron chi connectivity index (χ0n) is 11.8. The van der Waals surface area contributed by atoms with Gasteiger partial charge in [0.2, 0.25) is 0 Å². The van der Waals surface area contributed by atoms with Crippen molar-refractivity contribution in [3.05, 3.63) is 33.4 Å². The second kappa shape index (κ2) is 5.76. The van der Waals surface area contributed by atoms with Gasteiger partial charge in [-0.25, -0.2) is 0 Å². The SMILES string of the molecule is COC(=O)C(C)(C)[C@@H](N)c1cc(C#N)cc([N+](=O)[O-])c1O. The third-order valence-corrected chi connectivity index (χ3v) is 3.27. The van der Waals surface area contributed by atoms with Crippen molar-refractivity contribution in [2.24, 2.45) is 11.1 Å². The van der Waals surface area contributed by atoms with Crippen molar-refractivity contribution in [1.29, 1.82) is 5.26 Å². The minimum atomic E-state index is -1.24. The minimum absolute atomic E-state index is 0.0365. The molecule has 0 aromatic heterocycles. The summed E-state index contributed by atoms with van der Waals surface area (Å²) in [6, 6.07) is 2.83. The van der Waals surface area contributed by atoms with Crippen molar-refractivity contribution in [3.63, 3.8) is 0 Å². The number of benzene rings is 1. The molecule has 0 heterocycles. The molecule has 1 aromatic rings. The number of nitro benzene ring substituents is 1. The molecule has 0 aliphatic rings. The lowest BCUT2D eigenvalue weighted by molar-refractivity contribution is -0.386. The molecule has 0 saturated heterocycles. The van der Waals surface area contributed by atoms with Crippen LogP contribution in [0.3, 0.4) is 0 Å². The Labute approximate surface area is 120 Å². The number of methoxy groups -OCH3 is 1. The molecule has 112 valence electrons. The number of hydrogen-bond donors (Lipinski definition) is 2. The van der Waals surface area contributed by atoms with E-state index in [1.54, 1.807) is 6.07 Å². The largest absolute Gasteiger partial charge is 0.502 e. The average molecular weight is 293 g/mol. The zero-order valence-corrected chi connectivity index (χ0v) is 11.8. The van der Waals surface area contributed by atoms with E-state index >= 15 is 0 Å². The van der Waals surface area contributed by atoms with Gasteiger partial charge in [0.25, 0.3) is 0 Å². The Kier molecular flexibility index (Phi) is 4.50. The highest BCUT2D eigenvalue weighted by atomic mass is 16.6. The summed E-state index contributed by atoms with van der Waals surface area (Å²) >= 11 is 0. The summed E-state index contributed by atoms with van der Waals surface area (Å²) in [6.07, 6.45) is 0. The fourth-order valence-electron chi connectivity index (χ4n) is 1.86. The van der Waals surface area contributed by atoms with Gasteiger partial charge in [-0.1, -0.05) is 0 Å². The summed E-state index contributed by atoms with van der Waals surface area (Å²) < 4.78 is 4.63. The second-order valence-corrected chi connectivity index (χ2v) is 4.99. The van der Waals surface area contributed by atoms with E-state index in [9.17, 15) is 20.0 Å². The van der Waals surface area contributed by atoms with E-state index in [0.717, 1.165) is 6.07 Å². The number of phenols is 1. The number of phenolic OH excluding ortho intramolecular Hbond substituents is 1. The highest BCUT2D eigenvalue weighted by Crippen LogP contribution is 2.41. The molecule has 21 heavy (non-hydrogen) atoms. The lowest BCUT2D eigenvalue weighted by atomic mass is 9.80. The Morgan fingerprint density at radius 1 is 1.57 bits per heavy atom. The number of esters is 1. The molecule has 1 atom stereocenters. The quantitative estimate of drug-likeness (QED) is 0.485. The van der Waals surface area contributed by atoms with E-state index in [4.69, 9.17) is 11.0 Å². The maximum atomic E-state index is 11.8. The van der Waals surface area contributed by atoms with Crippen molar-refractivity contribution in [2.75, 3.05) is 7.11 Å². The maximum Gasteiger partial charge on any atom is 0.313 e. The summed E-state index contributed by atoms with van der Waals surface area (Å²) in [5.74, 6) is -1.30. The van der Waals surface area contributed by atoms with Gasteiger partial charge in [-0.2, -0.15) is 5.26 Å². The zero-order chi connectivity index (χ0) is 16.4. The second-order valence-electron chi connectivity index (χ2n) is 4.99. The molecule has 0 bridgehead atoms. The van der Waals surface area contributed by atoms with E-state index in [1.807, 2.05) is 0 Å². The molecule has 1 aromatic carbocycles. The van der Waals surface area contributed by atoms with Gasteiger partial charge in [-0.3, -0.25) is 14.9 Å². The summed E-state index contributed by atoms with van der Waals surface area (Å²) in [5, 5.41) is 29.8. The number of nitriles is 1. The van der Waals surface area contributed by atoms with Gasteiger partial charge < -0.3 is 15.6 Å². The minimum Gasteiger partial charge on any atom is -0.502 e. The molecule has 0 fully saturated rings. The van der Waals surface area contributed by atoms with Crippen LogP contribution in [0.4, 0.5) is 5.69 Å². The Bertz CT molecular complexity index is 633. The number of nitro groups is 1. The van der Waals surface area contributed by atoms with Gasteiger partial charge in [0.05, 0.1) is 29.1 Å². The number of rotatable bonds is 4. The number of carbonyl (C=O) groups excluding carboxylic acids is 1. The van der Waals surface area contributed by atoms with Crippen LogP contribution in [-0.2, 0) is 9.53 Å². The van der Waals surface area contributed by atoms with Gasteiger partial charge in [-0.15, -0.1) is 0 Å². The van der Waals surface area contributed by atoms with E-state index in [1.165, 1.54) is 27.0 Å². The van der Waals surface area contributed by atoms with Crippen molar-refractivity contribution in [3.8, 4) is 11.8 Å². The first-order chi connectivity index (χ1) is 9.66. The number of nitrogens with zero attached hydrogens (tertiary/aromatic N) is 2. The Balaban J connectivity index is 3.50. The van der Waals surface area contributed by atoms with Crippen LogP contribution in [0.5, 0.6) is 5.75 Å². The molecule has 3 N–H and O–H groups in total. The van der Waals surface area contributed by atoms with Crippen molar-refractivity contribution < 1.29 is 19.6 Å². The molecule has 8 nitrogen and oxygen atoms in total. The normalized spacial score (nSPS) is 12.3. The predicted octanol–water partition coefficient (Wildman–Crippen LogP) is 1.37. The Hall–Kier alpha value is -2.66. The average Bonchev–Trinajstić information content (AvgIpc) is 2.45. The van der Waals surface area contributed by atoms with Crippen molar-refractivity contribution in [1.82, 2.24) is 0 Å². The highest BCUT2D eigenvalue weighted by Gasteiger charge is 2.39. The highest BCUT2D eigenvalue weighted by molar-refractivity contribution is 5.77. The summed E-state index contributed by atoms with van der Waals surface area (Å²) in [4.78, 5) is 21.8. The summed E-state index contributed by atoms with van der Waals surface area (Å²) in [6.45, 7) is 2.96. The number of ether oxygens (including phenoxy) is 1. The van der Waals surface area contributed by atoms with E-state index in [2.05, 4.69) is 4.74 Å². The van der Waals surface area contributed by atoms with Crippen LogP contribution in [0.25, 0.3) is 0 Å². The summed E-state index contributed by atoms with van der Waals surface area (Å²) in [5.41, 5.74) is 3.97. The Morgan fingerprint density at radius 3 is 2.57 bits per heavy atom. The van der Waals surface area contributed by atoms with Crippen LogP contribution in [0.2, 0.25) is 0 Å². The fraction of sp³-hybridized carbons (Fsp3) is 0.385. The van der Waals surface area contributed by atoms with Crippen LogP contribution in [0, 0.1) is 26.9 Å². The molecular weight excluding hydrogens is 278 g/mol. The molecule has 8 heteroatoms. The molecular formula is C13H15N3O5. The monoisotopic (exact) mass is 293 g/mol. The van der Waals surface area contributed by atoms with E-state index in [0.29, 0.717) is 0 Å². The van der Waals surface area contributed by atoms with E-state index in [-0.39, 0.29) is 11.1 Å². The third-order valence-electron chi connectivity index (χ3n) is 3.27. The van der Waals surface area contributed by atoms with Crippen LogP contribution < -0.4 is 5.73 Å². The van der Waals surface area contributed by atoms with Crippen LogP contribution in [0.15, 0.2) is 12.1 Å². The fourth-order valence-corrected chi connectivity index (χ4v) is 1.86. The van der Waals surface area contributed by atoms with Crippen LogP contribution >= 0.6 is 0 Å². The molecule has 0 saturated carbocycles. The van der Waals surface area contributed by atoms with Gasteiger partial charge in [0.15, 0.2) is 5.75 Å². The standard InChI is InChI=1S/C13H15N3O5/c1-13(2,12(18)21-3)11(15)8-4-7(6-14)5-9(10(8)17)16(19)20/h4-5,11,17H,15H2,1-3H3/t11-/m0/s1. The molecule has 0 spiro atoms. The van der Waals surface area contributed by atoms with Crippen molar-refractivity contribution in [2.45, 2.75) is 19.9 Å². The third kappa shape index (κ3) is 2.93. The topological polar surface area (TPSA) is 139 Å². The van der Waals surface area contributed by atoms with Gasteiger partial charge in [-0.05, 0) is 19.9 Å². The lowest BCUT2D eigenvalue weighted by Crippen LogP contribution is -2.37. The molecule has 1 rings (SSSR count). The number of hydrogen-bond acceptors (Lipinski definition) is 7. The first-order valence-corrected chi connectivity index (χ1v) is 5.92. The number of carbonyl (C=O) groups is 1. The van der Waals surface area contributed by atoms with Crippen LogP contribution in [0.1, 0.15) is 31.0 Å². The molecule has 0 amide bonds. The van der Waals surface area contributed by atoms with Gasteiger partial charge in [0, 0.05) is 17.7 Å². The van der Waals surface area contributed by atoms with Gasteiger partial charge >= 0.3 is 11.7 Å². The van der Waals surface area contributed by atoms with Crippen LogP contribution in [-0.4, -0.2) is 23.1 Å². The molecule has 0 unspecified atom stereocenters. The summed E-state index contributed by atoms with van der Waals surface area (Å²) in [7, 11) is 1.19. The number of nitrogens with two attached hydrogens (primary N) is 1. The first-order valence-electron chi connectivity index (χ1n) is 5.92. The lowest BCUT2D eigenvalue weighted by Gasteiger charge is -2.29. The molecule has 0 radical (unpaired) electrons. The predicted molar refractivity (Wildman–Crippen MR) is 72.2 cm³/mol. The molecule has 0 aliphatic heterocycles. The van der Waals surface area contributed by atoms with Crippen molar-refractivity contribution >= 4 is 11.7 Å². The number of aromatic hydroxyl groups is 1.